The topological polar surface area (TPSA) is 0 Å². The van der Waals surface area contributed by atoms with Gasteiger partial charge in [-0.3, -0.25) is 0 Å². The van der Waals surface area contributed by atoms with E-state index in [0.717, 1.165) is 24.3 Å². The number of thiol groups is 4. The molecule has 1 aliphatic rings. The summed E-state index contributed by atoms with van der Waals surface area (Å²) in [6.07, 6.45) is 2.29. The number of hydrogen-bond acceptors (Lipinski definition) is 4. The molecule has 4 unspecified atom stereocenters. The van der Waals surface area contributed by atoms with Crippen LogP contribution < -0.4 is 0 Å². The van der Waals surface area contributed by atoms with Crippen molar-refractivity contribution in [3.63, 3.8) is 0 Å². The van der Waals surface area contributed by atoms with E-state index in [1.807, 2.05) is 0 Å². The lowest BCUT2D eigenvalue weighted by molar-refractivity contribution is 0.340. The molecule has 0 aromatic rings. The van der Waals surface area contributed by atoms with E-state index < -0.39 is 0 Å². The van der Waals surface area contributed by atoms with Gasteiger partial charge in [0.25, 0.3) is 0 Å². The van der Waals surface area contributed by atoms with Crippen LogP contribution in [0.4, 0.5) is 0 Å². The second-order valence-electron chi connectivity index (χ2n) is 3.49. The molecule has 1 aliphatic carbocycles. The van der Waals surface area contributed by atoms with Gasteiger partial charge in [0.2, 0.25) is 0 Å². The fourth-order valence-electron chi connectivity index (χ4n) is 1.71. The second kappa shape index (κ2) is 5.32. The largest absolute Gasteiger partial charge is 0.179 e. The van der Waals surface area contributed by atoms with Gasteiger partial charge in [0, 0.05) is 10.5 Å². The lowest BCUT2D eigenvalue weighted by atomic mass is 9.83. The quantitative estimate of drug-likeness (QED) is 0.524. The third-order valence-corrected chi connectivity index (χ3v) is 4.85. The fraction of sp³-hybridized carbons (Fsp3) is 1.00. The summed E-state index contributed by atoms with van der Waals surface area (Å²) in [7, 11) is 0. The van der Waals surface area contributed by atoms with Crippen LogP contribution in [-0.2, 0) is 0 Å². The summed E-state index contributed by atoms with van der Waals surface area (Å²) in [5.74, 6) is 3.14. The molecule has 0 N–H and O–H groups in total. The molecule has 0 aliphatic heterocycles. The molecule has 0 radical (unpaired) electrons. The minimum atomic E-state index is 0.503. The Labute approximate surface area is 96.9 Å². The molecule has 12 heavy (non-hydrogen) atoms. The third kappa shape index (κ3) is 2.69. The lowest BCUT2D eigenvalue weighted by Gasteiger charge is -2.36. The summed E-state index contributed by atoms with van der Waals surface area (Å²) in [5.41, 5.74) is 0. The van der Waals surface area contributed by atoms with Gasteiger partial charge in [-0.25, -0.2) is 0 Å². The molecule has 1 fully saturated rings. The van der Waals surface area contributed by atoms with E-state index in [1.54, 1.807) is 0 Å². The zero-order valence-corrected chi connectivity index (χ0v) is 10.5. The van der Waals surface area contributed by atoms with Crippen LogP contribution in [0.5, 0.6) is 0 Å². The van der Waals surface area contributed by atoms with Crippen molar-refractivity contribution in [2.24, 2.45) is 11.8 Å². The summed E-state index contributed by atoms with van der Waals surface area (Å²) in [6, 6.07) is 0. The van der Waals surface area contributed by atoms with E-state index in [4.69, 9.17) is 0 Å². The maximum Gasteiger partial charge on any atom is 0.00565 e. The maximum absolute atomic E-state index is 4.57. The summed E-state index contributed by atoms with van der Waals surface area (Å²) in [5, 5.41) is 1.01. The van der Waals surface area contributed by atoms with Gasteiger partial charge >= 0.3 is 0 Å². The Kier molecular flexibility index (Phi) is 5.09. The van der Waals surface area contributed by atoms with Crippen LogP contribution in [0.3, 0.4) is 0 Å². The molecule has 72 valence electrons. The van der Waals surface area contributed by atoms with Crippen LogP contribution >= 0.6 is 50.5 Å². The van der Waals surface area contributed by atoms with Crippen LogP contribution in [0.25, 0.3) is 0 Å². The first-order chi connectivity index (χ1) is 5.69. The first-order valence-electron chi connectivity index (χ1n) is 4.27. The second-order valence-corrected chi connectivity index (χ2v) is 5.55. The van der Waals surface area contributed by atoms with Crippen molar-refractivity contribution in [1.29, 1.82) is 0 Å². The summed E-state index contributed by atoms with van der Waals surface area (Å²) in [4.78, 5) is 0. The van der Waals surface area contributed by atoms with E-state index in [0.29, 0.717) is 22.3 Å². The van der Waals surface area contributed by atoms with Gasteiger partial charge < -0.3 is 0 Å². The smallest absolute Gasteiger partial charge is 0.00565 e. The first-order valence-corrected chi connectivity index (χ1v) is 6.56. The van der Waals surface area contributed by atoms with Gasteiger partial charge in [0.05, 0.1) is 0 Å². The molecule has 0 nitrogen and oxygen atoms in total. The molecular formula is C8H16S4. The summed E-state index contributed by atoms with van der Waals surface area (Å²) < 4.78 is 0. The van der Waals surface area contributed by atoms with Crippen LogP contribution in [0, 0.1) is 11.8 Å². The number of rotatable bonds is 2. The van der Waals surface area contributed by atoms with Crippen LogP contribution in [0.2, 0.25) is 0 Å². The molecular weight excluding hydrogens is 224 g/mol. The predicted molar refractivity (Wildman–Crippen MR) is 69.5 cm³/mol. The highest BCUT2D eigenvalue weighted by atomic mass is 32.1. The van der Waals surface area contributed by atoms with E-state index >= 15 is 0 Å². The Morgan fingerprint density at radius 3 is 1.42 bits per heavy atom. The van der Waals surface area contributed by atoms with E-state index in [-0.39, 0.29) is 0 Å². The summed E-state index contributed by atoms with van der Waals surface area (Å²) >= 11 is 17.8. The van der Waals surface area contributed by atoms with Gasteiger partial charge in [-0.2, -0.15) is 50.5 Å². The Morgan fingerprint density at radius 1 is 0.833 bits per heavy atom. The fourth-order valence-corrected chi connectivity index (χ4v) is 3.85. The minimum Gasteiger partial charge on any atom is -0.179 e. The van der Waals surface area contributed by atoms with Gasteiger partial charge in [-0.15, -0.1) is 0 Å². The van der Waals surface area contributed by atoms with Crippen molar-refractivity contribution < 1.29 is 0 Å². The summed E-state index contributed by atoms with van der Waals surface area (Å²) in [6.45, 7) is 0. The molecule has 0 saturated heterocycles. The lowest BCUT2D eigenvalue weighted by Crippen LogP contribution is -2.35. The molecule has 4 atom stereocenters. The van der Waals surface area contributed by atoms with E-state index in [1.165, 1.54) is 0 Å². The highest BCUT2D eigenvalue weighted by Gasteiger charge is 2.32. The molecule has 0 aromatic carbocycles. The normalized spacial score (nSPS) is 43.0. The van der Waals surface area contributed by atoms with Crippen molar-refractivity contribution >= 4 is 50.5 Å². The molecule has 1 saturated carbocycles. The van der Waals surface area contributed by atoms with Crippen LogP contribution in [0.15, 0.2) is 0 Å². The van der Waals surface area contributed by atoms with Gasteiger partial charge in [-0.05, 0) is 36.2 Å². The Bertz CT molecular complexity index is 123. The minimum absolute atomic E-state index is 0.503. The Morgan fingerprint density at radius 2 is 1.17 bits per heavy atom. The molecule has 0 bridgehead atoms. The molecule has 0 heterocycles. The van der Waals surface area contributed by atoms with Gasteiger partial charge in [-0.1, -0.05) is 0 Å². The Balaban J connectivity index is 2.49. The van der Waals surface area contributed by atoms with Crippen molar-refractivity contribution in [3.05, 3.63) is 0 Å². The monoisotopic (exact) mass is 240 g/mol. The Hall–Kier alpha value is 1.40. The molecule has 0 amide bonds. The van der Waals surface area contributed by atoms with Crippen molar-refractivity contribution in [3.8, 4) is 0 Å². The zero-order chi connectivity index (χ0) is 9.14. The molecule has 1 rings (SSSR count). The number of hydrogen-bond donors (Lipinski definition) is 4. The SMILES string of the molecule is SCC1CC(S)C(CS)CC1S. The molecule has 0 aromatic heterocycles. The van der Waals surface area contributed by atoms with E-state index in [2.05, 4.69) is 50.5 Å². The molecule has 0 spiro atoms. The highest BCUT2D eigenvalue weighted by Crippen LogP contribution is 2.36. The van der Waals surface area contributed by atoms with Crippen molar-refractivity contribution in [2.75, 3.05) is 11.5 Å². The molecule has 4 heteroatoms. The standard InChI is InChI=1S/C8H16S4/c9-3-5-1-7(11)6(4-10)2-8(5)12/h5-12H,1-4H2. The van der Waals surface area contributed by atoms with Gasteiger partial charge in [0.15, 0.2) is 0 Å². The first kappa shape index (κ1) is 11.5. The van der Waals surface area contributed by atoms with Crippen LogP contribution in [0.1, 0.15) is 12.8 Å². The van der Waals surface area contributed by atoms with E-state index in [9.17, 15) is 0 Å². The third-order valence-electron chi connectivity index (χ3n) is 2.65. The highest BCUT2D eigenvalue weighted by molar-refractivity contribution is 7.82. The van der Waals surface area contributed by atoms with Crippen molar-refractivity contribution in [1.82, 2.24) is 0 Å². The zero-order valence-electron chi connectivity index (χ0n) is 6.93. The van der Waals surface area contributed by atoms with Crippen LogP contribution in [-0.4, -0.2) is 22.0 Å². The van der Waals surface area contributed by atoms with Gasteiger partial charge in [0.1, 0.15) is 0 Å². The average molecular weight is 240 g/mol. The van der Waals surface area contributed by atoms with Crippen molar-refractivity contribution in [2.45, 2.75) is 23.3 Å². The average Bonchev–Trinajstić information content (AvgIpc) is 2.08. The predicted octanol–water partition coefficient (Wildman–Crippen LogP) is 2.47. The maximum atomic E-state index is 4.57.